The molecule has 0 aliphatic heterocycles. The van der Waals surface area contributed by atoms with E-state index < -0.39 is 11.7 Å². The zero-order chi connectivity index (χ0) is 20.4. The number of carbonyl (C=O) groups is 1. The third-order valence-corrected chi connectivity index (χ3v) is 5.31. The van der Waals surface area contributed by atoms with Crippen molar-refractivity contribution in [3.8, 4) is 11.4 Å². The highest BCUT2D eigenvalue weighted by atomic mass is 35.5. The van der Waals surface area contributed by atoms with Gasteiger partial charge in [-0.1, -0.05) is 40.5 Å². The topological polar surface area (TPSA) is 101 Å². The SMILES string of the molecule is O=C(Nc1cc(Cl)ccc1-c1noc(=O)[nH]1)c1csc(Cc2ccc(Cl)cc2)n1. The number of anilines is 1. The van der Waals surface area contributed by atoms with Crippen molar-refractivity contribution in [3.05, 3.63) is 84.7 Å². The number of rotatable bonds is 5. The minimum atomic E-state index is -0.696. The van der Waals surface area contributed by atoms with Gasteiger partial charge in [-0.05, 0) is 35.9 Å². The average molecular weight is 447 g/mol. The number of H-pyrrole nitrogens is 1. The molecule has 0 aliphatic carbocycles. The smallest absolute Gasteiger partial charge is 0.320 e. The summed E-state index contributed by atoms with van der Waals surface area (Å²) in [6, 6.07) is 12.3. The molecular formula is C19H12Cl2N4O3S. The first-order valence-electron chi connectivity index (χ1n) is 8.34. The highest BCUT2D eigenvalue weighted by Gasteiger charge is 2.16. The van der Waals surface area contributed by atoms with Crippen LogP contribution in [0.1, 0.15) is 21.1 Å². The Bertz CT molecular complexity index is 1230. The van der Waals surface area contributed by atoms with E-state index >= 15 is 0 Å². The van der Waals surface area contributed by atoms with E-state index in [2.05, 4.69) is 25.0 Å². The summed E-state index contributed by atoms with van der Waals surface area (Å²) >= 11 is 13.3. The van der Waals surface area contributed by atoms with Gasteiger partial charge in [-0.3, -0.25) is 14.3 Å². The van der Waals surface area contributed by atoms with Crippen LogP contribution in [0.15, 0.2) is 57.2 Å². The number of amides is 1. The summed E-state index contributed by atoms with van der Waals surface area (Å²) in [4.78, 5) is 30.8. The molecule has 0 bridgehead atoms. The maximum Gasteiger partial charge on any atom is 0.439 e. The molecule has 10 heteroatoms. The predicted octanol–water partition coefficient (Wildman–Crippen LogP) is 4.64. The lowest BCUT2D eigenvalue weighted by atomic mass is 10.1. The van der Waals surface area contributed by atoms with Gasteiger partial charge in [0.2, 0.25) is 0 Å². The third-order valence-electron chi connectivity index (χ3n) is 3.98. The first-order chi connectivity index (χ1) is 14.0. The molecule has 2 N–H and O–H groups in total. The number of benzene rings is 2. The zero-order valence-electron chi connectivity index (χ0n) is 14.6. The number of aromatic nitrogens is 3. The Labute approximate surface area is 178 Å². The van der Waals surface area contributed by atoms with Crippen LogP contribution in [0.2, 0.25) is 10.0 Å². The van der Waals surface area contributed by atoms with E-state index in [0.29, 0.717) is 27.7 Å². The fourth-order valence-electron chi connectivity index (χ4n) is 2.63. The maximum atomic E-state index is 12.7. The minimum absolute atomic E-state index is 0.184. The molecule has 4 aromatic rings. The summed E-state index contributed by atoms with van der Waals surface area (Å²) in [5, 5.41) is 9.97. The molecule has 2 aromatic heterocycles. The maximum absolute atomic E-state index is 12.7. The summed E-state index contributed by atoms with van der Waals surface area (Å²) in [6.45, 7) is 0. The summed E-state index contributed by atoms with van der Waals surface area (Å²) in [5.74, 6) is -0.916. The number of carbonyl (C=O) groups excluding carboxylic acids is 1. The first-order valence-corrected chi connectivity index (χ1v) is 9.97. The molecule has 4 rings (SSSR count). The molecule has 2 heterocycles. The fourth-order valence-corrected chi connectivity index (χ4v) is 3.74. The molecule has 0 aliphatic rings. The Hall–Kier alpha value is -2.94. The van der Waals surface area contributed by atoms with Gasteiger partial charge in [0.25, 0.3) is 5.91 Å². The van der Waals surface area contributed by atoms with Crippen molar-refractivity contribution in [2.45, 2.75) is 6.42 Å². The van der Waals surface area contributed by atoms with Crippen molar-refractivity contribution >= 4 is 46.1 Å². The van der Waals surface area contributed by atoms with E-state index in [9.17, 15) is 9.59 Å². The molecule has 146 valence electrons. The highest BCUT2D eigenvalue weighted by Crippen LogP contribution is 2.28. The first kappa shape index (κ1) is 19.4. The molecule has 0 unspecified atom stereocenters. The van der Waals surface area contributed by atoms with Gasteiger partial charge in [-0.2, -0.15) is 0 Å². The lowest BCUT2D eigenvalue weighted by Gasteiger charge is -2.08. The van der Waals surface area contributed by atoms with Crippen LogP contribution in [0.4, 0.5) is 5.69 Å². The zero-order valence-corrected chi connectivity index (χ0v) is 16.9. The van der Waals surface area contributed by atoms with Gasteiger partial charge in [-0.25, -0.2) is 9.78 Å². The Balaban J connectivity index is 1.54. The van der Waals surface area contributed by atoms with Crippen LogP contribution in [0, 0.1) is 0 Å². The van der Waals surface area contributed by atoms with Gasteiger partial charge >= 0.3 is 5.76 Å². The minimum Gasteiger partial charge on any atom is -0.320 e. The predicted molar refractivity (Wildman–Crippen MR) is 112 cm³/mol. The molecule has 29 heavy (non-hydrogen) atoms. The van der Waals surface area contributed by atoms with Gasteiger partial charge < -0.3 is 5.32 Å². The Morgan fingerprint density at radius 2 is 1.90 bits per heavy atom. The van der Waals surface area contributed by atoms with Crippen molar-refractivity contribution in [1.29, 1.82) is 0 Å². The molecule has 0 saturated heterocycles. The van der Waals surface area contributed by atoms with E-state index in [1.54, 1.807) is 23.6 Å². The van der Waals surface area contributed by atoms with E-state index in [0.717, 1.165) is 10.6 Å². The molecule has 0 spiro atoms. The normalized spacial score (nSPS) is 10.8. The molecule has 0 fully saturated rings. The van der Waals surface area contributed by atoms with E-state index in [1.807, 2.05) is 24.3 Å². The van der Waals surface area contributed by atoms with Crippen LogP contribution in [-0.4, -0.2) is 21.0 Å². The Kier molecular flexibility index (Phi) is 5.48. The second kappa shape index (κ2) is 8.20. The molecule has 7 nitrogen and oxygen atoms in total. The molecule has 2 aromatic carbocycles. The van der Waals surface area contributed by atoms with E-state index in [-0.39, 0.29) is 11.5 Å². The number of nitrogens with one attached hydrogen (secondary N) is 2. The lowest BCUT2D eigenvalue weighted by Crippen LogP contribution is -2.13. The molecule has 0 saturated carbocycles. The van der Waals surface area contributed by atoms with Crippen molar-refractivity contribution in [2.75, 3.05) is 5.32 Å². The molecule has 0 atom stereocenters. The summed E-state index contributed by atoms with van der Waals surface area (Å²) in [7, 11) is 0. The summed E-state index contributed by atoms with van der Waals surface area (Å²) in [5.41, 5.74) is 2.16. The summed E-state index contributed by atoms with van der Waals surface area (Å²) in [6.07, 6.45) is 0.595. The van der Waals surface area contributed by atoms with Crippen LogP contribution < -0.4 is 11.1 Å². The third kappa shape index (κ3) is 4.56. The average Bonchev–Trinajstić information content (AvgIpc) is 3.33. The number of hydrogen-bond acceptors (Lipinski definition) is 6. The summed E-state index contributed by atoms with van der Waals surface area (Å²) < 4.78 is 4.54. The number of halogens is 2. The van der Waals surface area contributed by atoms with Crippen LogP contribution in [0.25, 0.3) is 11.4 Å². The number of hydrogen-bond donors (Lipinski definition) is 2. The van der Waals surface area contributed by atoms with Gasteiger partial charge in [0.15, 0.2) is 5.82 Å². The van der Waals surface area contributed by atoms with Crippen molar-refractivity contribution in [1.82, 2.24) is 15.1 Å². The van der Waals surface area contributed by atoms with Gasteiger partial charge in [-0.15, -0.1) is 11.3 Å². The lowest BCUT2D eigenvalue weighted by molar-refractivity contribution is 0.102. The largest absolute Gasteiger partial charge is 0.439 e. The fraction of sp³-hybridized carbons (Fsp3) is 0.0526. The van der Waals surface area contributed by atoms with Crippen LogP contribution in [-0.2, 0) is 6.42 Å². The van der Waals surface area contributed by atoms with Crippen molar-refractivity contribution < 1.29 is 9.32 Å². The van der Waals surface area contributed by atoms with Gasteiger partial charge in [0, 0.05) is 27.4 Å². The standard InChI is InChI=1S/C19H12Cl2N4O3S/c20-11-3-1-10(2-4-11)7-16-22-15(9-29-16)18(26)23-14-8-12(21)5-6-13(14)17-24-19(27)28-25-17/h1-6,8-9H,7H2,(H,23,26)(H,24,25,27). The Morgan fingerprint density at radius 3 is 2.62 bits per heavy atom. The van der Waals surface area contributed by atoms with Crippen molar-refractivity contribution in [3.63, 3.8) is 0 Å². The quantitative estimate of drug-likeness (QED) is 0.464. The van der Waals surface area contributed by atoms with E-state index in [4.69, 9.17) is 23.2 Å². The molecular weight excluding hydrogens is 435 g/mol. The molecule has 0 radical (unpaired) electrons. The van der Waals surface area contributed by atoms with Crippen LogP contribution in [0.3, 0.4) is 0 Å². The van der Waals surface area contributed by atoms with Crippen LogP contribution in [0.5, 0.6) is 0 Å². The number of aromatic amines is 1. The monoisotopic (exact) mass is 446 g/mol. The van der Waals surface area contributed by atoms with Gasteiger partial charge in [0.05, 0.1) is 10.7 Å². The van der Waals surface area contributed by atoms with E-state index in [1.165, 1.54) is 11.3 Å². The highest BCUT2D eigenvalue weighted by molar-refractivity contribution is 7.09. The van der Waals surface area contributed by atoms with Crippen LogP contribution >= 0.6 is 34.5 Å². The number of thiazole rings is 1. The second-order valence-electron chi connectivity index (χ2n) is 6.02. The molecule has 1 amide bonds. The van der Waals surface area contributed by atoms with Gasteiger partial charge in [0.1, 0.15) is 5.69 Å². The van der Waals surface area contributed by atoms with Crippen molar-refractivity contribution in [2.24, 2.45) is 0 Å². The second-order valence-corrected chi connectivity index (χ2v) is 7.83. The number of nitrogens with zero attached hydrogens (tertiary/aromatic N) is 2. The Morgan fingerprint density at radius 1 is 1.14 bits per heavy atom.